The minimum atomic E-state index is -0.0541. The van der Waals surface area contributed by atoms with E-state index in [0.29, 0.717) is 48.0 Å². The van der Waals surface area contributed by atoms with Crippen LogP contribution in [0.1, 0.15) is 26.7 Å². The Hall–Kier alpha value is -3.71. The molecule has 3 aromatic rings. The number of nitrogens with two attached hydrogens (primary N) is 1. The van der Waals surface area contributed by atoms with E-state index in [1.807, 2.05) is 11.0 Å². The molecule has 33 heavy (non-hydrogen) atoms. The lowest BCUT2D eigenvalue weighted by Gasteiger charge is -2.39. The Labute approximate surface area is 192 Å². The molecule has 2 aliphatic heterocycles. The number of nitrogens with one attached hydrogen (secondary N) is 1. The Morgan fingerprint density at radius 1 is 1.24 bits per heavy atom. The zero-order valence-corrected chi connectivity index (χ0v) is 18.9. The van der Waals surface area contributed by atoms with Crippen LogP contribution in [0.5, 0.6) is 0 Å². The van der Waals surface area contributed by atoms with Gasteiger partial charge in [0.2, 0.25) is 5.91 Å². The number of hydrogen-bond acceptors (Lipinski definition) is 7. The first-order chi connectivity index (χ1) is 15.9. The van der Waals surface area contributed by atoms with Crippen molar-refractivity contribution in [1.29, 1.82) is 0 Å². The van der Waals surface area contributed by atoms with Crippen LogP contribution in [0.3, 0.4) is 0 Å². The first kappa shape index (κ1) is 21.2. The smallest absolute Gasteiger partial charge is 0.223 e. The van der Waals surface area contributed by atoms with Crippen molar-refractivity contribution in [1.82, 2.24) is 20.2 Å². The van der Waals surface area contributed by atoms with Gasteiger partial charge in [-0.05, 0) is 36.9 Å². The fourth-order valence-corrected chi connectivity index (χ4v) is 4.61. The van der Waals surface area contributed by atoms with Crippen molar-refractivity contribution in [2.75, 3.05) is 47.4 Å². The summed E-state index contributed by atoms with van der Waals surface area (Å²) in [6, 6.07) is 5.37. The summed E-state index contributed by atoms with van der Waals surface area (Å²) in [6.45, 7) is 14.7. The molecule has 0 bridgehead atoms. The largest absolute Gasteiger partial charge is 0.355 e. The highest BCUT2D eigenvalue weighted by molar-refractivity contribution is 6.00. The van der Waals surface area contributed by atoms with Crippen molar-refractivity contribution < 1.29 is 4.79 Å². The average Bonchev–Trinajstić information content (AvgIpc) is 3.26. The van der Waals surface area contributed by atoms with Gasteiger partial charge in [0.25, 0.3) is 0 Å². The van der Waals surface area contributed by atoms with E-state index in [1.54, 1.807) is 23.2 Å². The molecule has 5 rings (SSSR count). The van der Waals surface area contributed by atoms with Crippen LogP contribution in [0.4, 0.5) is 28.7 Å². The minimum Gasteiger partial charge on any atom is -0.355 e. The van der Waals surface area contributed by atoms with Crippen LogP contribution < -0.4 is 20.4 Å². The lowest BCUT2D eigenvalue weighted by atomic mass is 9.80. The van der Waals surface area contributed by atoms with Gasteiger partial charge in [-0.15, -0.1) is 0 Å². The molecule has 2 aliphatic rings. The fraction of sp³-hybridized carbons (Fsp3) is 0.435. The molecule has 1 saturated heterocycles. The Morgan fingerprint density at radius 3 is 2.73 bits per heavy atom. The van der Waals surface area contributed by atoms with Gasteiger partial charge in [-0.25, -0.2) is 14.8 Å². The maximum atomic E-state index is 12.2. The third kappa shape index (κ3) is 3.64. The van der Waals surface area contributed by atoms with Crippen molar-refractivity contribution in [2.24, 2.45) is 11.1 Å². The van der Waals surface area contributed by atoms with E-state index in [1.165, 1.54) is 6.92 Å². The fourth-order valence-electron chi connectivity index (χ4n) is 4.61. The Bertz CT molecular complexity index is 1250. The maximum absolute atomic E-state index is 12.2. The minimum absolute atomic E-state index is 0.0541. The number of amides is 1. The summed E-state index contributed by atoms with van der Waals surface area (Å²) in [6.07, 6.45) is 3.86. The van der Waals surface area contributed by atoms with Crippen molar-refractivity contribution in [3.63, 3.8) is 0 Å². The highest BCUT2D eigenvalue weighted by atomic mass is 16.2. The number of carbonyl (C=O) groups excluding carboxylic acids is 1. The number of piperidine rings is 1. The molecule has 0 spiro atoms. The SMILES string of the molecule is [C-]#[N+]c1ccc2c(c1)N(C(C)=O)CCN2c1n[nH]c2nc(N3CCC(C)(CN)CC3)cnc12. The predicted molar refractivity (Wildman–Crippen MR) is 128 cm³/mol. The van der Waals surface area contributed by atoms with Crippen LogP contribution in [0.25, 0.3) is 16.0 Å². The van der Waals surface area contributed by atoms with Crippen molar-refractivity contribution in [2.45, 2.75) is 26.7 Å². The molecule has 0 unspecified atom stereocenters. The molecule has 1 fully saturated rings. The molecule has 10 heteroatoms. The number of hydrogen-bond donors (Lipinski definition) is 2. The number of carbonyl (C=O) groups is 1. The van der Waals surface area contributed by atoms with Gasteiger partial charge in [0.15, 0.2) is 22.7 Å². The average molecular weight is 446 g/mol. The zero-order valence-electron chi connectivity index (χ0n) is 18.9. The van der Waals surface area contributed by atoms with E-state index in [-0.39, 0.29) is 11.3 Å². The number of H-pyrrole nitrogens is 1. The molecule has 10 nitrogen and oxygen atoms in total. The monoisotopic (exact) mass is 445 g/mol. The predicted octanol–water partition coefficient (Wildman–Crippen LogP) is 2.97. The van der Waals surface area contributed by atoms with Crippen molar-refractivity contribution in [3.05, 3.63) is 35.8 Å². The second-order valence-corrected chi connectivity index (χ2v) is 9.08. The Morgan fingerprint density at radius 2 is 2.03 bits per heavy atom. The molecule has 0 aliphatic carbocycles. The summed E-state index contributed by atoms with van der Waals surface area (Å²) < 4.78 is 0. The van der Waals surface area contributed by atoms with E-state index in [2.05, 4.69) is 26.9 Å². The first-order valence-electron chi connectivity index (χ1n) is 11.2. The van der Waals surface area contributed by atoms with Gasteiger partial charge in [-0.3, -0.25) is 9.89 Å². The normalized spacial score (nSPS) is 17.7. The van der Waals surface area contributed by atoms with Crippen LogP contribution in [0.15, 0.2) is 24.4 Å². The number of benzene rings is 1. The summed E-state index contributed by atoms with van der Waals surface area (Å²) >= 11 is 0. The molecule has 1 aromatic carbocycles. The third-order valence-electron chi connectivity index (χ3n) is 6.88. The van der Waals surface area contributed by atoms with Gasteiger partial charge in [0.1, 0.15) is 5.82 Å². The molecular weight excluding hydrogens is 418 g/mol. The number of rotatable bonds is 3. The summed E-state index contributed by atoms with van der Waals surface area (Å²) in [4.78, 5) is 31.2. The zero-order chi connectivity index (χ0) is 23.2. The van der Waals surface area contributed by atoms with Crippen LogP contribution in [0, 0.1) is 12.0 Å². The van der Waals surface area contributed by atoms with Crippen LogP contribution in [-0.4, -0.2) is 58.8 Å². The van der Waals surface area contributed by atoms with E-state index in [4.69, 9.17) is 22.3 Å². The molecule has 3 N–H and O–H groups in total. The topological polar surface area (TPSA) is 112 Å². The second-order valence-electron chi connectivity index (χ2n) is 9.08. The molecule has 0 radical (unpaired) electrons. The Kier molecular flexibility index (Phi) is 5.13. The molecule has 2 aromatic heterocycles. The second kappa shape index (κ2) is 8.01. The third-order valence-corrected chi connectivity index (χ3v) is 6.88. The molecule has 1 amide bonds. The number of aromatic amines is 1. The number of fused-ring (bicyclic) bond motifs is 2. The molecular formula is C23H27N9O. The van der Waals surface area contributed by atoms with E-state index in [9.17, 15) is 4.79 Å². The lowest BCUT2D eigenvalue weighted by Crippen LogP contribution is -2.42. The van der Waals surface area contributed by atoms with Gasteiger partial charge < -0.3 is 20.4 Å². The van der Waals surface area contributed by atoms with Crippen LogP contribution >= 0.6 is 0 Å². The van der Waals surface area contributed by atoms with Gasteiger partial charge in [-0.2, -0.15) is 5.10 Å². The maximum Gasteiger partial charge on any atom is 0.223 e. The van der Waals surface area contributed by atoms with Gasteiger partial charge >= 0.3 is 0 Å². The summed E-state index contributed by atoms with van der Waals surface area (Å²) in [5, 5.41) is 7.57. The van der Waals surface area contributed by atoms with Crippen LogP contribution in [0.2, 0.25) is 0 Å². The number of aromatic nitrogens is 4. The first-order valence-corrected chi connectivity index (χ1v) is 11.2. The highest BCUT2D eigenvalue weighted by Gasteiger charge is 2.31. The molecule has 0 saturated carbocycles. The van der Waals surface area contributed by atoms with E-state index in [0.717, 1.165) is 37.4 Å². The quantitative estimate of drug-likeness (QED) is 0.596. The summed E-state index contributed by atoms with van der Waals surface area (Å²) in [7, 11) is 0. The molecule has 0 atom stereocenters. The molecule has 4 heterocycles. The molecule has 170 valence electrons. The highest BCUT2D eigenvalue weighted by Crippen LogP contribution is 2.41. The number of nitrogens with zero attached hydrogens (tertiary/aromatic N) is 7. The standard InChI is InChI=1S/C23H27N9O/c1-15(33)31-10-11-32(17-5-4-16(25-3)12-18(17)31)22-20-21(28-29-22)27-19(13-26-20)30-8-6-23(2,14-24)7-9-30/h4-5,12-13H,6-11,14,24H2,1-2H3,(H,27,28,29). The Balaban J connectivity index is 1.47. The van der Waals surface area contributed by atoms with E-state index >= 15 is 0 Å². The van der Waals surface area contributed by atoms with E-state index < -0.39 is 0 Å². The van der Waals surface area contributed by atoms with Gasteiger partial charge in [0.05, 0.1) is 24.1 Å². The lowest BCUT2D eigenvalue weighted by molar-refractivity contribution is -0.116. The van der Waals surface area contributed by atoms with Crippen LogP contribution in [-0.2, 0) is 4.79 Å². The van der Waals surface area contributed by atoms with Crippen molar-refractivity contribution >= 4 is 45.8 Å². The van der Waals surface area contributed by atoms with Gasteiger partial charge in [0, 0.05) is 33.1 Å². The summed E-state index contributed by atoms with van der Waals surface area (Å²) in [5.41, 5.74) is 9.46. The number of anilines is 4. The van der Waals surface area contributed by atoms with Crippen molar-refractivity contribution in [3.8, 4) is 0 Å². The van der Waals surface area contributed by atoms with Gasteiger partial charge in [-0.1, -0.05) is 13.0 Å². The summed E-state index contributed by atoms with van der Waals surface area (Å²) in [5.74, 6) is 1.44.